The summed E-state index contributed by atoms with van der Waals surface area (Å²) in [6.45, 7) is 2.53. The molecule has 0 aliphatic rings. The Morgan fingerprint density at radius 3 is 2.37 bits per heavy atom. The minimum Gasteiger partial charge on any atom is -0.384 e. The van der Waals surface area contributed by atoms with E-state index in [1.54, 1.807) is 10.6 Å². The number of nitrogens with zero attached hydrogens (tertiary/aromatic N) is 5. The lowest BCUT2D eigenvalue weighted by molar-refractivity contribution is 0.220. The first kappa shape index (κ1) is 26.3. The van der Waals surface area contributed by atoms with Crippen molar-refractivity contribution in [1.29, 1.82) is 0 Å². The Bertz CT molecular complexity index is 1830. The molecule has 1 unspecified atom stereocenters. The predicted molar refractivity (Wildman–Crippen MR) is 159 cm³/mol. The fourth-order valence-electron chi connectivity index (χ4n) is 5.15. The molecule has 0 spiro atoms. The highest BCUT2D eigenvalue weighted by Gasteiger charge is 2.16. The van der Waals surface area contributed by atoms with E-state index in [0.717, 1.165) is 46.5 Å². The van der Waals surface area contributed by atoms with Crippen LogP contribution in [0.4, 0.5) is 0 Å². The van der Waals surface area contributed by atoms with Crippen molar-refractivity contribution in [1.82, 2.24) is 30.2 Å². The molecule has 2 N–H and O–H groups in total. The summed E-state index contributed by atoms with van der Waals surface area (Å²) < 4.78 is 1.78. The van der Waals surface area contributed by atoms with Crippen LogP contribution in [-0.4, -0.2) is 35.3 Å². The molecule has 41 heavy (non-hydrogen) atoms. The van der Waals surface area contributed by atoms with Crippen molar-refractivity contribution >= 4 is 10.9 Å². The molecule has 0 aliphatic carbocycles. The fraction of sp³-hybridized carbons (Fsp3) is 0.182. The zero-order valence-electron chi connectivity index (χ0n) is 22.7. The van der Waals surface area contributed by atoms with E-state index in [1.165, 1.54) is 0 Å². The second-order valence-electron chi connectivity index (χ2n) is 10.1. The molecule has 0 aliphatic heterocycles. The molecule has 2 aromatic heterocycles. The lowest BCUT2D eigenvalue weighted by Gasteiger charge is -2.16. The normalized spacial score (nSPS) is 12.0. The maximum absolute atomic E-state index is 13.9. The summed E-state index contributed by atoms with van der Waals surface area (Å²) >= 11 is 0. The Morgan fingerprint density at radius 2 is 1.63 bits per heavy atom. The molecule has 0 saturated heterocycles. The van der Waals surface area contributed by atoms with Crippen molar-refractivity contribution in [3.63, 3.8) is 0 Å². The van der Waals surface area contributed by atoms with Gasteiger partial charge in [-0.15, -0.1) is 10.2 Å². The molecule has 4 aromatic carbocycles. The van der Waals surface area contributed by atoms with Crippen LogP contribution >= 0.6 is 0 Å². The van der Waals surface area contributed by atoms with Crippen LogP contribution in [0.5, 0.6) is 0 Å². The van der Waals surface area contributed by atoms with E-state index in [1.807, 2.05) is 91.0 Å². The van der Waals surface area contributed by atoms with Gasteiger partial charge >= 0.3 is 0 Å². The average Bonchev–Trinajstić information content (AvgIpc) is 3.57. The third kappa shape index (κ3) is 5.42. The number of tetrazole rings is 1. The molecule has 204 valence electrons. The maximum Gasteiger partial charge on any atom is 0.261 e. The van der Waals surface area contributed by atoms with Gasteiger partial charge in [-0.1, -0.05) is 98.3 Å². The van der Waals surface area contributed by atoms with Gasteiger partial charge in [0.2, 0.25) is 5.82 Å². The summed E-state index contributed by atoms with van der Waals surface area (Å²) in [5.41, 5.74) is 5.89. The Labute approximate surface area is 237 Å². The van der Waals surface area contributed by atoms with E-state index in [0.29, 0.717) is 35.3 Å². The molecule has 0 radical (unpaired) electrons. The van der Waals surface area contributed by atoms with Crippen molar-refractivity contribution in [2.24, 2.45) is 0 Å². The summed E-state index contributed by atoms with van der Waals surface area (Å²) in [6, 6.07) is 31.0. The van der Waals surface area contributed by atoms with Crippen LogP contribution in [0.15, 0.2) is 102 Å². The number of hydrogen-bond donors (Lipinski definition) is 2. The second-order valence-corrected chi connectivity index (χ2v) is 10.1. The lowest BCUT2D eigenvalue weighted by atomic mass is 9.98. The topological polar surface area (TPSA) is 110 Å². The first-order valence-corrected chi connectivity index (χ1v) is 13.8. The number of H-pyrrole nitrogens is 1. The molecule has 8 heteroatoms. The number of hydrogen-bond acceptors (Lipinski definition) is 6. The molecule has 1 atom stereocenters. The third-order valence-corrected chi connectivity index (χ3v) is 7.36. The highest BCUT2D eigenvalue weighted by Crippen LogP contribution is 2.30. The number of aromatic nitrogens is 6. The molecule has 6 aromatic rings. The molecular formula is C33H30N6O2. The van der Waals surface area contributed by atoms with Gasteiger partial charge in [0.25, 0.3) is 5.56 Å². The van der Waals surface area contributed by atoms with Gasteiger partial charge in [0, 0.05) is 12.0 Å². The van der Waals surface area contributed by atoms with Crippen molar-refractivity contribution in [2.45, 2.75) is 38.8 Å². The second kappa shape index (κ2) is 11.7. The van der Waals surface area contributed by atoms with Gasteiger partial charge in [-0.2, -0.15) is 5.21 Å². The van der Waals surface area contributed by atoms with Crippen LogP contribution in [0, 0.1) is 0 Å². The molecule has 2 heterocycles. The van der Waals surface area contributed by atoms with E-state index in [4.69, 9.17) is 4.98 Å². The Morgan fingerprint density at radius 1 is 0.878 bits per heavy atom. The van der Waals surface area contributed by atoms with Gasteiger partial charge in [0.05, 0.1) is 17.4 Å². The van der Waals surface area contributed by atoms with Gasteiger partial charge in [-0.25, -0.2) is 4.98 Å². The number of aliphatic hydroxyl groups is 1. The standard InChI is InChI=1S/C33H30N6O2/c1-2-3-13-30-34-29-19-18-25(31(40)24-9-5-4-6-10-24)20-28(29)33(41)39(30)21-22-14-16-23(17-15-22)26-11-7-8-12-27(26)32-35-37-38-36-32/h4-12,14-20,31,40H,2-3,13,21H2,1H3,(H,35,36,37,38). The quantitative estimate of drug-likeness (QED) is 0.242. The van der Waals surface area contributed by atoms with E-state index in [9.17, 15) is 9.90 Å². The van der Waals surface area contributed by atoms with Crippen LogP contribution in [-0.2, 0) is 13.0 Å². The predicted octanol–water partition coefficient (Wildman–Crippen LogP) is 5.72. The summed E-state index contributed by atoms with van der Waals surface area (Å²) in [5.74, 6) is 1.31. The fourth-order valence-corrected chi connectivity index (χ4v) is 5.15. The largest absolute Gasteiger partial charge is 0.384 e. The van der Waals surface area contributed by atoms with Crippen LogP contribution in [0.25, 0.3) is 33.4 Å². The van der Waals surface area contributed by atoms with E-state index in [-0.39, 0.29) is 5.56 Å². The number of aliphatic hydroxyl groups excluding tert-OH is 1. The average molecular weight is 543 g/mol. The number of aryl methyl sites for hydroxylation is 1. The van der Waals surface area contributed by atoms with Crippen LogP contribution < -0.4 is 5.56 Å². The van der Waals surface area contributed by atoms with Crippen LogP contribution in [0.3, 0.4) is 0 Å². The van der Waals surface area contributed by atoms with E-state index in [2.05, 4.69) is 27.5 Å². The minimum atomic E-state index is -0.823. The third-order valence-electron chi connectivity index (χ3n) is 7.36. The monoisotopic (exact) mass is 542 g/mol. The maximum atomic E-state index is 13.9. The Kier molecular flexibility index (Phi) is 7.47. The molecule has 8 nitrogen and oxygen atoms in total. The van der Waals surface area contributed by atoms with Crippen molar-refractivity contribution < 1.29 is 5.11 Å². The zero-order valence-corrected chi connectivity index (χ0v) is 22.7. The number of unbranched alkanes of at least 4 members (excludes halogenated alkanes) is 1. The van der Waals surface area contributed by atoms with Crippen molar-refractivity contribution in [2.75, 3.05) is 0 Å². The number of rotatable bonds is 9. The minimum absolute atomic E-state index is 0.102. The van der Waals surface area contributed by atoms with Crippen LogP contribution in [0.2, 0.25) is 0 Å². The molecule has 6 rings (SSSR count). The first-order chi connectivity index (χ1) is 20.1. The molecule has 0 fully saturated rings. The van der Waals surface area contributed by atoms with Crippen LogP contribution in [0.1, 0.15) is 48.4 Å². The number of aromatic amines is 1. The highest BCUT2D eigenvalue weighted by atomic mass is 16.3. The van der Waals surface area contributed by atoms with E-state index >= 15 is 0 Å². The van der Waals surface area contributed by atoms with Gasteiger partial charge < -0.3 is 5.11 Å². The number of nitrogens with one attached hydrogen (secondary N) is 1. The van der Waals surface area contributed by atoms with Gasteiger partial charge in [0.15, 0.2) is 0 Å². The van der Waals surface area contributed by atoms with E-state index < -0.39 is 6.10 Å². The van der Waals surface area contributed by atoms with Gasteiger partial charge in [0.1, 0.15) is 11.9 Å². The smallest absolute Gasteiger partial charge is 0.261 e. The highest BCUT2D eigenvalue weighted by molar-refractivity contribution is 5.80. The summed E-state index contributed by atoms with van der Waals surface area (Å²) in [5, 5.41) is 26.0. The molecule has 0 amide bonds. The SMILES string of the molecule is CCCCc1nc2ccc(C(O)c3ccccc3)cc2c(=O)n1Cc1ccc(-c2ccccc2-c2nn[nH]n2)cc1. The lowest BCUT2D eigenvalue weighted by Crippen LogP contribution is -2.26. The Balaban J connectivity index is 1.36. The summed E-state index contributed by atoms with van der Waals surface area (Å²) in [6.07, 6.45) is 1.84. The van der Waals surface area contributed by atoms with Crippen molar-refractivity contribution in [3.8, 4) is 22.5 Å². The number of fused-ring (bicyclic) bond motifs is 1. The molecule has 0 bridgehead atoms. The van der Waals surface area contributed by atoms with Crippen molar-refractivity contribution in [3.05, 3.63) is 130 Å². The molecular weight excluding hydrogens is 512 g/mol. The summed E-state index contributed by atoms with van der Waals surface area (Å²) in [4.78, 5) is 18.8. The van der Waals surface area contributed by atoms with Gasteiger partial charge in [-0.3, -0.25) is 9.36 Å². The Hall–Kier alpha value is -4.95. The number of benzene rings is 4. The zero-order chi connectivity index (χ0) is 28.2. The first-order valence-electron chi connectivity index (χ1n) is 13.8. The summed E-state index contributed by atoms with van der Waals surface area (Å²) in [7, 11) is 0. The van der Waals surface area contributed by atoms with Gasteiger partial charge in [-0.05, 0) is 51.6 Å². The molecule has 0 saturated carbocycles.